The molecule has 0 aliphatic heterocycles. The number of esters is 1. The van der Waals surface area contributed by atoms with E-state index in [0.29, 0.717) is 0 Å². The number of hydrogen-bond acceptors (Lipinski definition) is 8. The van der Waals surface area contributed by atoms with Crippen LogP contribution in [0.25, 0.3) is 0 Å². The second-order valence-corrected chi connectivity index (χ2v) is 6.42. The van der Waals surface area contributed by atoms with Crippen LogP contribution in [-0.4, -0.2) is 38.0 Å². The second-order valence-electron chi connectivity index (χ2n) is 4.40. The molecule has 3 N–H and O–H groups in total. The number of sulfone groups is 1. The van der Waals surface area contributed by atoms with Crippen molar-refractivity contribution in [3.63, 3.8) is 0 Å². The summed E-state index contributed by atoms with van der Waals surface area (Å²) in [7, 11) is -3.58. The zero-order valence-electron chi connectivity index (χ0n) is 12.5. The molecule has 1 aromatic rings. The van der Waals surface area contributed by atoms with Gasteiger partial charge in [0.2, 0.25) is 0 Å². The van der Waals surface area contributed by atoms with Gasteiger partial charge in [0.25, 0.3) is 5.69 Å². The van der Waals surface area contributed by atoms with Gasteiger partial charge < -0.3 is 10.5 Å². The van der Waals surface area contributed by atoms with E-state index in [9.17, 15) is 23.3 Å². The summed E-state index contributed by atoms with van der Waals surface area (Å²) in [6.45, 7) is 1.83. The van der Waals surface area contributed by atoms with E-state index >= 15 is 0 Å². The van der Waals surface area contributed by atoms with E-state index in [1.807, 2.05) is 0 Å². The first kappa shape index (κ1) is 18.4. The average molecular weight is 344 g/mol. The fourth-order valence-corrected chi connectivity index (χ4v) is 2.16. The van der Waals surface area contributed by atoms with Gasteiger partial charge in [-0.2, -0.15) is 5.10 Å². The summed E-state index contributed by atoms with van der Waals surface area (Å²) in [5.41, 5.74) is 7.29. The number of amidine groups is 1. The quantitative estimate of drug-likeness (QED) is 0.240. The Labute approximate surface area is 132 Å². The lowest BCUT2D eigenvalue weighted by Crippen LogP contribution is -2.20. The number of benzene rings is 1. The van der Waals surface area contributed by atoms with Crippen LogP contribution in [0, 0.1) is 10.1 Å². The lowest BCUT2D eigenvalue weighted by atomic mass is 10.3. The van der Waals surface area contributed by atoms with E-state index in [0.717, 1.165) is 12.3 Å². The van der Waals surface area contributed by atoms with Gasteiger partial charge in [0.1, 0.15) is 17.9 Å². The number of rotatable bonds is 7. The summed E-state index contributed by atoms with van der Waals surface area (Å²) >= 11 is 0. The van der Waals surface area contributed by atoms with Gasteiger partial charge in [-0.05, 0) is 19.1 Å². The topological polar surface area (TPSA) is 154 Å². The van der Waals surface area contributed by atoms with Crippen LogP contribution in [0.3, 0.4) is 0 Å². The molecule has 0 radical (unpaired) electrons. The molecule has 1 rings (SSSR count). The lowest BCUT2D eigenvalue weighted by Gasteiger charge is -2.06. The Kier molecular flexibility index (Phi) is 6.02. The van der Waals surface area contributed by atoms with E-state index in [-0.39, 0.29) is 29.4 Å². The summed E-state index contributed by atoms with van der Waals surface area (Å²) in [6, 6.07) is 3.30. The summed E-state index contributed by atoms with van der Waals surface area (Å²) in [5.74, 6) is -0.720. The highest BCUT2D eigenvalue weighted by Crippen LogP contribution is 2.27. The number of carbonyl (C=O) groups excluding carboxylic acids is 1. The van der Waals surface area contributed by atoms with Crippen molar-refractivity contribution in [2.75, 3.05) is 18.3 Å². The molecule has 0 aromatic heterocycles. The number of hydrogen-bond donors (Lipinski definition) is 2. The maximum absolute atomic E-state index is 11.4. The Bertz CT molecular complexity index is 744. The molecule has 0 unspecified atom stereocenters. The summed E-state index contributed by atoms with van der Waals surface area (Å²) in [4.78, 5) is 21.3. The molecule has 0 aliphatic carbocycles. The zero-order chi connectivity index (χ0) is 17.6. The first-order valence-electron chi connectivity index (χ1n) is 6.37. The molecular weight excluding hydrogens is 328 g/mol. The first-order valence-corrected chi connectivity index (χ1v) is 8.26. The summed E-state index contributed by atoms with van der Waals surface area (Å²) < 4.78 is 27.5. The standard InChI is InChI=1S/C12H16N4O6S/c1-3-22-12(17)7-11(13)15-14-9-5-4-8(23(2,20)21)6-10(9)16(18)19/h4-6,14H,3,7H2,1-2H3,(H2,13,15). The molecule has 0 saturated heterocycles. The number of nitrogens with two attached hydrogens (primary N) is 1. The number of anilines is 1. The van der Waals surface area contributed by atoms with Crippen molar-refractivity contribution < 1.29 is 22.9 Å². The van der Waals surface area contributed by atoms with Crippen molar-refractivity contribution >= 4 is 33.0 Å². The Hall–Kier alpha value is -2.69. The van der Waals surface area contributed by atoms with Gasteiger partial charge in [0.05, 0.1) is 16.4 Å². The smallest absolute Gasteiger partial charge is 0.313 e. The summed E-state index contributed by atoms with van der Waals surface area (Å²) in [6.07, 6.45) is 0.657. The number of carbonyl (C=O) groups is 1. The number of nitro groups is 1. The summed E-state index contributed by atoms with van der Waals surface area (Å²) in [5, 5.41) is 14.7. The van der Waals surface area contributed by atoms with Gasteiger partial charge in [-0.15, -0.1) is 0 Å². The van der Waals surface area contributed by atoms with Crippen LogP contribution in [0.2, 0.25) is 0 Å². The average Bonchev–Trinajstić information content (AvgIpc) is 2.44. The van der Waals surface area contributed by atoms with Crippen molar-refractivity contribution in [1.29, 1.82) is 0 Å². The molecule has 1 aromatic carbocycles. The monoisotopic (exact) mass is 344 g/mol. The van der Waals surface area contributed by atoms with Crippen molar-refractivity contribution in [1.82, 2.24) is 0 Å². The van der Waals surface area contributed by atoms with Crippen molar-refractivity contribution in [2.24, 2.45) is 10.8 Å². The third kappa shape index (κ3) is 5.54. The Morgan fingerprint density at radius 2 is 2.13 bits per heavy atom. The third-order valence-electron chi connectivity index (χ3n) is 2.54. The van der Waals surface area contributed by atoms with Crippen molar-refractivity contribution in [3.05, 3.63) is 28.3 Å². The molecule has 10 nitrogen and oxygen atoms in total. The molecule has 23 heavy (non-hydrogen) atoms. The van der Waals surface area contributed by atoms with Gasteiger partial charge in [-0.25, -0.2) is 8.42 Å². The highest BCUT2D eigenvalue weighted by molar-refractivity contribution is 7.90. The van der Waals surface area contributed by atoms with Crippen molar-refractivity contribution in [2.45, 2.75) is 18.2 Å². The minimum absolute atomic E-state index is 0.0609. The number of nitrogens with zero attached hydrogens (tertiary/aromatic N) is 2. The minimum Gasteiger partial charge on any atom is -0.466 e. The Morgan fingerprint density at radius 3 is 2.65 bits per heavy atom. The Morgan fingerprint density at radius 1 is 1.48 bits per heavy atom. The van der Waals surface area contributed by atoms with Crippen LogP contribution in [0.5, 0.6) is 0 Å². The molecule has 11 heteroatoms. The van der Waals surface area contributed by atoms with E-state index in [4.69, 9.17) is 5.73 Å². The predicted octanol–water partition coefficient (Wildman–Crippen LogP) is 0.636. The minimum atomic E-state index is -3.58. The number of nitro benzene ring substituents is 1. The molecule has 0 aliphatic rings. The van der Waals surface area contributed by atoms with Crippen LogP contribution >= 0.6 is 0 Å². The zero-order valence-corrected chi connectivity index (χ0v) is 13.3. The molecule has 0 fully saturated rings. The lowest BCUT2D eigenvalue weighted by molar-refractivity contribution is -0.384. The van der Waals surface area contributed by atoms with Crippen LogP contribution in [0.4, 0.5) is 11.4 Å². The highest BCUT2D eigenvalue weighted by atomic mass is 32.2. The number of hydrazone groups is 1. The van der Waals surface area contributed by atoms with Crippen LogP contribution < -0.4 is 11.2 Å². The van der Waals surface area contributed by atoms with E-state index in [2.05, 4.69) is 15.3 Å². The molecule has 0 bridgehead atoms. The number of ether oxygens (including phenoxy) is 1. The van der Waals surface area contributed by atoms with Gasteiger partial charge in [0.15, 0.2) is 9.84 Å². The predicted molar refractivity (Wildman–Crippen MR) is 82.7 cm³/mol. The van der Waals surface area contributed by atoms with Gasteiger partial charge in [0, 0.05) is 12.3 Å². The maximum atomic E-state index is 11.4. The first-order chi connectivity index (χ1) is 10.6. The fraction of sp³-hybridized carbons (Fsp3) is 0.333. The van der Waals surface area contributed by atoms with Gasteiger partial charge in [-0.1, -0.05) is 0 Å². The Balaban J connectivity index is 3.00. The molecule has 0 spiro atoms. The van der Waals surface area contributed by atoms with E-state index < -0.39 is 26.4 Å². The van der Waals surface area contributed by atoms with Gasteiger partial charge >= 0.3 is 5.97 Å². The van der Waals surface area contributed by atoms with E-state index in [1.54, 1.807) is 6.92 Å². The SMILES string of the molecule is CCOC(=O)CC(N)=NNc1ccc(S(C)(=O)=O)cc1[N+](=O)[O-]. The highest BCUT2D eigenvalue weighted by Gasteiger charge is 2.18. The molecule has 0 amide bonds. The molecule has 0 heterocycles. The van der Waals surface area contributed by atoms with Gasteiger partial charge in [-0.3, -0.25) is 20.3 Å². The van der Waals surface area contributed by atoms with Crippen LogP contribution in [0.15, 0.2) is 28.2 Å². The largest absolute Gasteiger partial charge is 0.466 e. The maximum Gasteiger partial charge on any atom is 0.313 e. The molecule has 126 valence electrons. The second kappa shape index (κ2) is 7.54. The normalized spacial score (nSPS) is 11.8. The molecule has 0 atom stereocenters. The van der Waals surface area contributed by atoms with E-state index in [1.165, 1.54) is 12.1 Å². The molecule has 0 saturated carbocycles. The molecular formula is C12H16N4O6S. The number of nitrogens with one attached hydrogen (secondary N) is 1. The fourth-order valence-electron chi connectivity index (χ4n) is 1.52. The third-order valence-corrected chi connectivity index (χ3v) is 3.66. The van der Waals surface area contributed by atoms with Crippen LogP contribution in [-0.2, 0) is 19.4 Å². The van der Waals surface area contributed by atoms with Crippen LogP contribution in [0.1, 0.15) is 13.3 Å². The van der Waals surface area contributed by atoms with Crippen molar-refractivity contribution in [3.8, 4) is 0 Å².